The minimum atomic E-state index is -0.283. The van der Waals surface area contributed by atoms with E-state index in [1.54, 1.807) is 43.3 Å². The largest absolute Gasteiger partial charge is 0.497 e. The second kappa shape index (κ2) is 9.91. The van der Waals surface area contributed by atoms with Gasteiger partial charge in [0.15, 0.2) is 0 Å². The Morgan fingerprint density at radius 3 is 2.33 bits per heavy atom. The number of nitrogens with zero attached hydrogens (tertiary/aromatic N) is 2. The lowest BCUT2D eigenvalue weighted by Crippen LogP contribution is -2.12. The van der Waals surface area contributed by atoms with Crippen LogP contribution in [-0.2, 0) is 0 Å². The van der Waals surface area contributed by atoms with Crippen molar-refractivity contribution in [3.63, 3.8) is 0 Å². The maximum absolute atomic E-state index is 13.3. The van der Waals surface area contributed by atoms with Crippen LogP contribution in [-0.4, -0.2) is 36.5 Å². The molecule has 0 radical (unpaired) electrons. The topological polar surface area (TPSA) is 74.6 Å². The fourth-order valence-corrected chi connectivity index (χ4v) is 3.45. The molecule has 7 heteroatoms. The molecular weight excluding hydrogens is 418 g/mol. The highest BCUT2D eigenvalue weighted by Crippen LogP contribution is 2.35. The van der Waals surface area contributed by atoms with Crippen molar-refractivity contribution in [2.45, 2.75) is 6.92 Å². The summed E-state index contributed by atoms with van der Waals surface area (Å²) in [6, 6.07) is 22.3. The Morgan fingerprint density at radius 2 is 1.67 bits per heavy atom. The lowest BCUT2D eigenvalue weighted by atomic mass is 10.1. The van der Waals surface area contributed by atoms with Gasteiger partial charge in [-0.1, -0.05) is 18.2 Å². The van der Waals surface area contributed by atoms with E-state index in [0.29, 0.717) is 40.6 Å². The average molecular weight is 444 g/mol. The Balaban J connectivity index is 1.75. The molecule has 1 N–H and O–H groups in total. The molecule has 0 saturated heterocycles. The molecule has 0 aliphatic heterocycles. The SMILES string of the molecule is CCOc1ccc(NC(=O)c2cn(-c3ccccc3)nc2-c2ccc(OC)cc2OC)cc1. The highest BCUT2D eigenvalue weighted by atomic mass is 16.5. The molecule has 0 unspecified atom stereocenters. The number of nitrogens with one attached hydrogen (secondary N) is 1. The van der Waals surface area contributed by atoms with Crippen LogP contribution in [0.2, 0.25) is 0 Å². The van der Waals surface area contributed by atoms with E-state index in [1.165, 1.54) is 0 Å². The van der Waals surface area contributed by atoms with E-state index in [9.17, 15) is 4.79 Å². The molecule has 1 aromatic heterocycles. The molecule has 168 valence electrons. The predicted octanol–water partition coefficient (Wildman–Crippen LogP) is 5.21. The van der Waals surface area contributed by atoms with Gasteiger partial charge in [0.25, 0.3) is 5.91 Å². The summed E-state index contributed by atoms with van der Waals surface area (Å²) < 4.78 is 18.0. The van der Waals surface area contributed by atoms with Gasteiger partial charge in [-0.25, -0.2) is 4.68 Å². The average Bonchev–Trinajstić information content (AvgIpc) is 3.31. The minimum Gasteiger partial charge on any atom is -0.497 e. The van der Waals surface area contributed by atoms with E-state index in [-0.39, 0.29) is 5.91 Å². The third kappa shape index (κ3) is 4.82. The van der Waals surface area contributed by atoms with E-state index < -0.39 is 0 Å². The fraction of sp³-hybridized carbons (Fsp3) is 0.154. The first-order valence-corrected chi connectivity index (χ1v) is 10.5. The number of aromatic nitrogens is 2. The maximum Gasteiger partial charge on any atom is 0.259 e. The quantitative estimate of drug-likeness (QED) is 0.405. The maximum atomic E-state index is 13.3. The number of hydrogen-bond acceptors (Lipinski definition) is 5. The summed E-state index contributed by atoms with van der Waals surface area (Å²) in [6.45, 7) is 2.51. The van der Waals surface area contributed by atoms with Crippen molar-refractivity contribution >= 4 is 11.6 Å². The van der Waals surface area contributed by atoms with E-state index in [0.717, 1.165) is 11.4 Å². The molecule has 33 heavy (non-hydrogen) atoms. The van der Waals surface area contributed by atoms with Gasteiger partial charge >= 0.3 is 0 Å². The second-order valence-corrected chi connectivity index (χ2v) is 7.15. The Labute approximate surface area is 192 Å². The van der Waals surface area contributed by atoms with Crippen molar-refractivity contribution < 1.29 is 19.0 Å². The summed E-state index contributed by atoms with van der Waals surface area (Å²) in [5.74, 6) is 1.67. The number of carbonyl (C=O) groups excluding carboxylic acids is 1. The van der Waals surface area contributed by atoms with Crippen molar-refractivity contribution in [2.24, 2.45) is 0 Å². The summed E-state index contributed by atoms with van der Waals surface area (Å²) in [5, 5.41) is 7.68. The molecule has 0 aliphatic carbocycles. The van der Waals surface area contributed by atoms with Gasteiger partial charge < -0.3 is 19.5 Å². The predicted molar refractivity (Wildman–Crippen MR) is 128 cm³/mol. The Hall–Kier alpha value is -4.26. The molecule has 1 heterocycles. The number of ether oxygens (including phenoxy) is 3. The van der Waals surface area contributed by atoms with Gasteiger partial charge in [0.05, 0.1) is 32.1 Å². The van der Waals surface area contributed by atoms with Crippen LogP contribution in [0.4, 0.5) is 5.69 Å². The van der Waals surface area contributed by atoms with Crippen molar-refractivity contribution in [1.82, 2.24) is 9.78 Å². The fourth-order valence-electron chi connectivity index (χ4n) is 3.45. The van der Waals surface area contributed by atoms with Gasteiger partial charge in [-0.2, -0.15) is 5.10 Å². The Bertz CT molecular complexity index is 1230. The van der Waals surface area contributed by atoms with Crippen LogP contribution in [0.1, 0.15) is 17.3 Å². The summed E-state index contributed by atoms with van der Waals surface area (Å²) in [6.07, 6.45) is 1.72. The summed E-state index contributed by atoms with van der Waals surface area (Å²) >= 11 is 0. The summed E-state index contributed by atoms with van der Waals surface area (Å²) in [5.41, 5.74) is 3.10. The zero-order chi connectivity index (χ0) is 23.2. The van der Waals surface area contributed by atoms with Crippen molar-refractivity contribution in [3.05, 3.63) is 84.6 Å². The molecule has 4 aromatic rings. The number of amides is 1. The number of rotatable bonds is 8. The molecule has 0 atom stereocenters. The number of para-hydroxylation sites is 1. The molecule has 0 fully saturated rings. The van der Waals surface area contributed by atoms with Crippen LogP contribution in [0, 0.1) is 0 Å². The number of hydrogen-bond donors (Lipinski definition) is 1. The number of methoxy groups -OCH3 is 2. The van der Waals surface area contributed by atoms with Crippen LogP contribution < -0.4 is 19.5 Å². The monoisotopic (exact) mass is 443 g/mol. The molecule has 0 bridgehead atoms. The molecule has 4 rings (SSSR count). The third-order valence-electron chi connectivity index (χ3n) is 5.07. The molecule has 0 saturated carbocycles. The van der Waals surface area contributed by atoms with Gasteiger partial charge in [0.2, 0.25) is 0 Å². The van der Waals surface area contributed by atoms with E-state index in [4.69, 9.17) is 19.3 Å². The van der Waals surface area contributed by atoms with Crippen LogP contribution in [0.25, 0.3) is 16.9 Å². The highest BCUT2D eigenvalue weighted by Gasteiger charge is 2.22. The van der Waals surface area contributed by atoms with E-state index in [1.807, 2.05) is 61.5 Å². The molecule has 7 nitrogen and oxygen atoms in total. The van der Waals surface area contributed by atoms with Gasteiger partial charge in [0.1, 0.15) is 22.9 Å². The van der Waals surface area contributed by atoms with Crippen LogP contribution in [0.15, 0.2) is 79.0 Å². The number of benzene rings is 3. The number of anilines is 1. The highest BCUT2D eigenvalue weighted by molar-refractivity contribution is 6.08. The second-order valence-electron chi connectivity index (χ2n) is 7.15. The standard InChI is InChI=1S/C26H25N3O4/c1-4-33-20-12-10-18(11-13-20)27-26(30)23-17-29(19-8-6-5-7-9-19)28-25(23)22-15-14-21(31-2)16-24(22)32-3/h5-17H,4H2,1-3H3,(H,27,30). The van der Waals surface area contributed by atoms with Crippen molar-refractivity contribution in [3.8, 4) is 34.2 Å². The Morgan fingerprint density at radius 1 is 0.939 bits per heavy atom. The van der Waals surface area contributed by atoms with Crippen molar-refractivity contribution in [1.29, 1.82) is 0 Å². The normalized spacial score (nSPS) is 10.5. The minimum absolute atomic E-state index is 0.283. The van der Waals surface area contributed by atoms with E-state index >= 15 is 0 Å². The molecular formula is C26H25N3O4. The van der Waals surface area contributed by atoms with Crippen LogP contribution in [0.5, 0.6) is 17.2 Å². The molecule has 1 amide bonds. The van der Waals surface area contributed by atoms with Crippen LogP contribution >= 0.6 is 0 Å². The van der Waals surface area contributed by atoms with Crippen molar-refractivity contribution in [2.75, 3.05) is 26.1 Å². The van der Waals surface area contributed by atoms with Gasteiger partial charge in [-0.3, -0.25) is 4.79 Å². The lowest BCUT2D eigenvalue weighted by molar-refractivity contribution is 0.102. The smallest absolute Gasteiger partial charge is 0.259 e. The summed E-state index contributed by atoms with van der Waals surface area (Å²) in [4.78, 5) is 13.3. The van der Waals surface area contributed by atoms with Gasteiger partial charge in [-0.05, 0) is 55.5 Å². The first-order chi connectivity index (χ1) is 16.1. The zero-order valence-electron chi connectivity index (χ0n) is 18.7. The van der Waals surface area contributed by atoms with Crippen LogP contribution in [0.3, 0.4) is 0 Å². The Kier molecular flexibility index (Phi) is 6.59. The van der Waals surface area contributed by atoms with Gasteiger partial charge in [0, 0.05) is 23.5 Å². The zero-order valence-corrected chi connectivity index (χ0v) is 18.7. The first kappa shape index (κ1) is 22.0. The first-order valence-electron chi connectivity index (χ1n) is 10.5. The molecule has 3 aromatic carbocycles. The molecule has 0 spiro atoms. The van der Waals surface area contributed by atoms with E-state index in [2.05, 4.69) is 5.32 Å². The molecule has 0 aliphatic rings. The third-order valence-corrected chi connectivity index (χ3v) is 5.07. The number of carbonyl (C=O) groups is 1. The lowest BCUT2D eigenvalue weighted by Gasteiger charge is -2.11. The van der Waals surface area contributed by atoms with Gasteiger partial charge in [-0.15, -0.1) is 0 Å². The summed E-state index contributed by atoms with van der Waals surface area (Å²) in [7, 11) is 3.17.